The highest BCUT2D eigenvalue weighted by Crippen LogP contribution is 2.35. The van der Waals surface area contributed by atoms with E-state index in [9.17, 15) is 4.79 Å². The lowest BCUT2D eigenvalue weighted by Gasteiger charge is -2.31. The molecule has 0 saturated carbocycles. The highest BCUT2D eigenvalue weighted by molar-refractivity contribution is 5.83. The zero-order chi connectivity index (χ0) is 24.2. The lowest BCUT2D eigenvalue weighted by Crippen LogP contribution is -2.45. The Hall–Kier alpha value is -3.11. The minimum Gasteiger partial charge on any atom is -0.384 e. The van der Waals surface area contributed by atoms with Gasteiger partial charge < -0.3 is 16.4 Å². The second kappa shape index (κ2) is 10.4. The first-order valence-corrected chi connectivity index (χ1v) is 12.4. The number of anilines is 1. The molecule has 1 amide bonds. The Morgan fingerprint density at radius 3 is 2.44 bits per heavy atom. The van der Waals surface area contributed by atoms with Gasteiger partial charge in [0.1, 0.15) is 0 Å². The Balaban J connectivity index is 1.54. The van der Waals surface area contributed by atoms with Crippen LogP contribution in [0.5, 0.6) is 0 Å². The van der Waals surface area contributed by atoms with Gasteiger partial charge in [-0.3, -0.25) is 4.79 Å². The van der Waals surface area contributed by atoms with Gasteiger partial charge in [0.25, 0.3) is 0 Å². The number of benzene rings is 3. The first-order valence-electron chi connectivity index (χ1n) is 12.4. The molecule has 4 nitrogen and oxygen atoms in total. The number of rotatable bonds is 7. The molecule has 0 fully saturated rings. The molecule has 0 saturated heterocycles. The van der Waals surface area contributed by atoms with Gasteiger partial charge in [-0.1, -0.05) is 67.1 Å². The quantitative estimate of drug-likeness (QED) is 0.452. The third-order valence-electron chi connectivity index (χ3n) is 6.97. The summed E-state index contributed by atoms with van der Waals surface area (Å²) >= 11 is 0. The van der Waals surface area contributed by atoms with E-state index in [0.29, 0.717) is 6.42 Å². The monoisotopic (exact) mass is 455 g/mol. The molecule has 1 aliphatic heterocycles. The van der Waals surface area contributed by atoms with Crippen molar-refractivity contribution in [2.45, 2.75) is 65.5 Å². The zero-order valence-corrected chi connectivity index (χ0v) is 20.9. The van der Waals surface area contributed by atoms with Gasteiger partial charge in [0.05, 0.1) is 12.1 Å². The van der Waals surface area contributed by atoms with Crippen molar-refractivity contribution >= 4 is 11.6 Å². The summed E-state index contributed by atoms with van der Waals surface area (Å²) in [5, 5.41) is 6.87. The summed E-state index contributed by atoms with van der Waals surface area (Å²) in [5.41, 5.74) is 17.5. The maximum Gasteiger partial charge on any atom is 0.237 e. The fourth-order valence-electron chi connectivity index (χ4n) is 5.27. The van der Waals surface area contributed by atoms with Gasteiger partial charge in [0, 0.05) is 12.2 Å². The van der Waals surface area contributed by atoms with Crippen LogP contribution in [-0.4, -0.2) is 18.5 Å². The number of amides is 1. The predicted octanol–water partition coefficient (Wildman–Crippen LogP) is 5.31. The van der Waals surface area contributed by atoms with Gasteiger partial charge in [0.15, 0.2) is 0 Å². The van der Waals surface area contributed by atoms with Gasteiger partial charge in [-0.15, -0.1) is 0 Å². The molecule has 34 heavy (non-hydrogen) atoms. The largest absolute Gasteiger partial charge is 0.384 e. The van der Waals surface area contributed by atoms with Crippen LogP contribution in [-0.2, 0) is 24.1 Å². The normalized spacial score (nSPS) is 15.9. The summed E-state index contributed by atoms with van der Waals surface area (Å²) in [6, 6.07) is 18.8. The third kappa shape index (κ3) is 5.34. The van der Waals surface area contributed by atoms with Gasteiger partial charge in [-0.25, -0.2) is 0 Å². The van der Waals surface area contributed by atoms with Gasteiger partial charge >= 0.3 is 0 Å². The van der Waals surface area contributed by atoms with Crippen molar-refractivity contribution < 1.29 is 4.79 Å². The maximum atomic E-state index is 13.2. The molecule has 3 aromatic carbocycles. The van der Waals surface area contributed by atoms with Crippen molar-refractivity contribution in [3.8, 4) is 0 Å². The van der Waals surface area contributed by atoms with E-state index >= 15 is 0 Å². The first-order chi connectivity index (χ1) is 16.4. The zero-order valence-electron chi connectivity index (χ0n) is 20.9. The molecule has 0 bridgehead atoms. The van der Waals surface area contributed by atoms with Crippen LogP contribution in [0.2, 0.25) is 0 Å². The number of aryl methyl sites for hydroxylation is 4. The van der Waals surface area contributed by atoms with E-state index < -0.39 is 6.04 Å². The SMILES string of the molecule is CCc1cc(Cc2ccccc2)cc2c1NCC[C@H]2NC(=O)[C@@H](N)Cc1c(C)cc(C)cc1C. The second-order valence-electron chi connectivity index (χ2n) is 9.70. The molecule has 1 aliphatic rings. The van der Waals surface area contributed by atoms with Gasteiger partial charge in [-0.05, 0) is 85.4 Å². The first kappa shape index (κ1) is 24.0. The molecule has 0 aromatic heterocycles. The summed E-state index contributed by atoms with van der Waals surface area (Å²) in [6.07, 6.45) is 3.24. The number of carbonyl (C=O) groups is 1. The number of nitrogens with one attached hydrogen (secondary N) is 2. The van der Waals surface area contributed by atoms with Gasteiger partial charge in [0.2, 0.25) is 5.91 Å². The standard InChI is InChI=1S/C30H37N3O/c1-5-24-16-23(15-22-9-7-6-8-10-22)17-26-28(11-12-32-29(24)26)33-30(34)27(31)18-25-20(3)13-19(2)14-21(25)4/h6-10,13-14,16-17,27-28,32H,5,11-12,15,18,31H2,1-4H3,(H,33,34)/t27-,28+/m0/s1. The second-order valence-corrected chi connectivity index (χ2v) is 9.70. The molecular formula is C30H37N3O. The van der Waals surface area contributed by atoms with Crippen LogP contribution in [0.15, 0.2) is 54.6 Å². The lowest BCUT2D eigenvalue weighted by molar-refractivity contribution is -0.123. The van der Waals surface area contributed by atoms with E-state index in [1.54, 1.807) is 0 Å². The molecule has 4 heteroatoms. The van der Waals surface area contributed by atoms with Crippen molar-refractivity contribution in [3.05, 3.63) is 99.1 Å². The molecule has 4 rings (SSSR count). The van der Waals surface area contributed by atoms with Crippen LogP contribution in [0.4, 0.5) is 5.69 Å². The lowest BCUT2D eigenvalue weighted by atomic mass is 9.89. The highest BCUT2D eigenvalue weighted by Gasteiger charge is 2.26. The summed E-state index contributed by atoms with van der Waals surface area (Å²) in [7, 11) is 0. The van der Waals surface area contributed by atoms with Crippen molar-refractivity contribution in [3.63, 3.8) is 0 Å². The van der Waals surface area contributed by atoms with Crippen LogP contribution in [0.25, 0.3) is 0 Å². The Bertz CT molecular complexity index is 1150. The van der Waals surface area contributed by atoms with Gasteiger partial charge in [-0.2, -0.15) is 0 Å². The fraction of sp³-hybridized carbons (Fsp3) is 0.367. The summed E-state index contributed by atoms with van der Waals surface area (Å²) in [4.78, 5) is 13.2. The molecule has 1 heterocycles. The van der Waals surface area contributed by atoms with E-state index in [1.807, 2.05) is 6.07 Å². The average Bonchev–Trinajstić information content (AvgIpc) is 2.81. The molecule has 178 valence electrons. The Morgan fingerprint density at radius 1 is 1.06 bits per heavy atom. The minimum absolute atomic E-state index is 0.0314. The summed E-state index contributed by atoms with van der Waals surface area (Å²) in [5.74, 6) is -0.0799. The highest BCUT2D eigenvalue weighted by atomic mass is 16.2. The van der Waals surface area contributed by atoms with E-state index in [-0.39, 0.29) is 11.9 Å². The smallest absolute Gasteiger partial charge is 0.237 e. The molecule has 0 spiro atoms. The Labute approximate surface area is 204 Å². The molecule has 0 unspecified atom stereocenters. The van der Waals surface area contributed by atoms with E-state index in [0.717, 1.165) is 25.8 Å². The molecule has 2 atom stereocenters. The molecule has 3 aromatic rings. The fourth-order valence-corrected chi connectivity index (χ4v) is 5.27. The van der Waals surface area contributed by atoms with Crippen LogP contribution in [0.3, 0.4) is 0 Å². The number of fused-ring (bicyclic) bond motifs is 1. The number of nitrogens with two attached hydrogens (primary N) is 1. The molecule has 0 radical (unpaired) electrons. The van der Waals surface area contributed by atoms with E-state index in [2.05, 4.69) is 86.9 Å². The predicted molar refractivity (Wildman–Crippen MR) is 141 cm³/mol. The van der Waals surface area contributed by atoms with E-state index in [1.165, 1.54) is 50.2 Å². The summed E-state index contributed by atoms with van der Waals surface area (Å²) in [6.45, 7) is 9.33. The van der Waals surface area contributed by atoms with E-state index in [4.69, 9.17) is 5.73 Å². The van der Waals surface area contributed by atoms with Crippen molar-refractivity contribution in [2.75, 3.05) is 11.9 Å². The van der Waals surface area contributed by atoms with Crippen LogP contribution in [0, 0.1) is 20.8 Å². The molecule has 0 aliphatic carbocycles. The average molecular weight is 456 g/mol. The Kier molecular flexibility index (Phi) is 7.38. The van der Waals surface area contributed by atoms with Crippen LogP contribution in [0.1, 0.15) is 63.9 Å². The minimum atomic E-state index is -0.573. The Morgan fingerprint density at radius 2 is 1.76 bits per heavy atom. The van der Waals surface area contributed by atoms with Crippen LogP contribution < -0.4 is 16.4 Å². The van der Waals surface area contributed by atoms with Crippen molar-refractivity contribution in [1.29, 1.82) is 0 Å². The topological polar surface area (TPSA) is 67.1 Å². The number of hydrogen-bond acceptors (Lipinski definition) is 3. The van der Waals surface area contributed by atoms with Crippen molar-refractivity contribution in [1.82, 2.24) is 5.32 Å². The van der Waals surface area contributed by atoms with Crippen LogP contribution >= 0.6 is 0 Å². The van der Waals surface area contributed by atoms with Crippen molar-refractivity contribution in [2.24, 2.45) is 5.73 Å². The maximum absolute atomic E-state index is 13.2. The number of carbonyl (C=O) groups excluding carboxylic acids is 1. The summed E-state index contributed by atoms with van der Waals surface area (Å²) < 4.78 is 0. The third-order valence-corrected chi connectivity index (χ3v) is 6.97. The number of hydrogen-bond donors (Lipinski definition) is 3. The molecule has 4 N–H and O–H groups in total. The molecular weight excluding hydrogens is 418 g/mol.